The van der Waals surface area contributed by atoms with Gasteiger partial charge in [-0.05, 0) is 42.2 Å². The Hall–Kier alpha value is -3.88. The van der Waals surface area contributed by atoms with E-state index < -0.39 is 41.0 Å². The number of halogens is 2. The molecule has 1 aromatic carbocycles. The Kier molecular flexibility index (Phi) is 6.27. The van der Waals surface area contributed by atoms with E-state index in [1.807, 2.05) is 13.8 Å². The number of alkyl halides is 2. The van der Waals surface area contributed by atoms with Gasteiger partial charge in [-0.1, -0.05) is 44.2 Å². The van der Waals surface area contributed by atoms with Crippen molar-refractivity contribution in [2.24, 2.45) is 5.92 Å². The van der Waals surface area contributed by atoms with Crippen LogP contribution < -0.4 is 4.90 Å². The number of carbonyl (C=O) groups excluding carboxylic acids is 3. The molecule has 1 amide bonds. The second-order valence-electron chi connectivity index (χ2n) is 9.00. The molecule has 35 heavy (non-hydrogen) atoms. The normalized spacial score (nSPS) is 18.4. The van der Waals surface area contributed by atoms with Crippen molar-refractivity contribution >= 4 is 23.3 Å². The summed E-state index contributed by atoms with van der Waals surface area (Å²) in [5, 5.41) is 7.98. The number of pyridine rings is 1. The molecular formula is C26H24F2N4O3. The molecule has 7 nitrogen and oxygen atoms in total. The smallest absolute Gasteiger partial charge is 0.293 e. The van der Waals surface area contributed by atoms with Gasteiger partial charge in [0.1, 0.15) is 11.6 Å². The number of nitrogens with zero attached hydrogens (tertiary/aromatic N) is 4. The fourth-order valence-corrected chi connectivity index (χ4v) is 4.09. The summed E-state index contributed by atoms with van der Waals surface area (Å²) in [4.78, 5) is 44.7. The molecule has 2 atom stereocenters. The SMILES string of the molecule is Cc1ccc(N2C(=O)C(=O)C(C(=O)c3ccc(C(C)C)cc3)C2c2ccc(C(C)(F)F)nc2)nn1. The van der Waals surface area contributed by atoms with Gasteiger partial charge in [0.05, 0.1) is 11.7 Å². The van der Waals surface area contributed by atoms with E-state index in [0.717, 1.165) is 23.5 Å². The molecule has 4 rings (SSSR count). The Bertz CT molecular complexity index is 1270. The number of ketones is 2. The summed E-state index contributed by atoms with van der Waals surface area (Å²) >= 11 is 0. The molecule has 0 bridgehead atoms. The predicted molar refractivity (Wildman–Crippen MR) is 124 cm³/mol. The standard InChI is InChI=1S/C26H24F2N4O3/c1-14(2)16-6-8-17(9-7-16)23(33)21-22(18-10-11-19(29-13-18)26(4,27)28)32(25(35)24(21)34)20-12-5-15(3)30-31-20/h5-14,21-22H,1-4H3. The lowest BCUT2D eigenvalue weighted by atomic mass is 9.86. The second kappa shape index (κ2) is 9.05. The maximum atomic E-state index is 13.7. The number of hydrogen-bond acceptors (Lipinski definition) is 6. The van der Waals surface area contributed by atoms with Gasteiger partial charge in [-0.25, -0.2) is 0 Å². The van der Waals surface area contributed by atoms with E-state index in [-0.39, 0.29) is 22.9 Å². The number of Topliss-reactive ketones (excluding diaryl/α,β-unsaturated/α-hetero) is 2. The first-order valence-corrected chi connectivity index (χ1v) is 11.1. The van der Waals surface area contributed by atoms with Crippen LogP contribution in [0.25, 0.3) is 0 Å². The van der Waals surface area contributed by atoms with Crippen LogP contribution in [0.4, 0.5) is 14.6 Å². The van der Waals surface area contributed by atoms with Crippen molar-refractivity contribution in [3.8, 4) is 0 Å². The van der Waals surface area contributed by atoms with Gasteiger partial charge in [0.25, 0.3) is 11.8 Å². The highest BCUT2D eigenvalue weighted by Gasteiger charge is 2.53. The minimum atomic E-state index is -3.17. The number of aromatic nitrogens is 3. The van der Waals surface area contributed by atoms with Crippen molar-refractivity contribution in [2.75, 3.05) is 4.90 Å². The highest BCUT2D eigenvalue weighted by Crippen LogP contribution is 2.41. The number of aryl methyl sites for hydroxylation is 1. The minimum Gasteiger partial charge on any atom is -0.293 e. The van der Waals surface area contributed by atoms with Gasteiger partial charge in [-0.3, -0.25) is 24.3 Å². The maximum Gasteiger partial charge on any atom is 0.297 e. The van der Waals surface area contributed by atoms with Crippen molar-refractivity contribution in [3.05, 3.63) is 82.8 Å². The Morgan fingerprint density at radius 2 is 1.69 bits per heavy atom. The average Bonchev–Trinajstić information content (AvgIpc) is 3.09. The summed E-state index contributed by atoms with van der Waals surface area (Å²) in [6.45, 7) is 6.47. The zero-order valence-electron chi connectivity index (χ0n) is 19.7. The lowest BCUT2D eigenvalue weighted by Crippen LogP contribution is -2.31. The van der Waals surface area contributed by atoms with Crippen LogP contribution in [0, 0.1) is 12.8 Å². The lowest BCUT2D eigenvalue weighted by Gasteiger charge is -2.26. The van der Waals surface area contributed by atoms with E-state index in [4.69, 9.17) is 0 Å². The minimum absolute atomic E-state index is 0.0781. The molecule has 1 fully saturated rings. The van der Waals surface area contributed by atoms with Gasteiger partial charge in [-0.15, -0.1) is 5.10 Å². The molecule has 3 heterocycles. The molecule has 0 N–H and O–H groups in total. The van der Waals surface area contributed by atoms with Crippen LogP contribution in [0.15, 0.2) is 54.7 Å². The molecule has 0 saturated carbocycles. The van der Waals surface area contributed by atoms with E-state index in [0.29, 0.717) is 5.69 Å². The van der Waals surface area contributed by atoms with Crippen LogP contribution in [0.2, 0.25) is 0 Å². The molecule has 0 aliphatic carbocycles. The van der Waals surface area contributed by atoms with Gasteiger partial charge in [0, 0.05) is 18.7 Å². The monoisotopic (exact) mass is 478 g/mol. The fourth-order valence-electron chi connectivity index (χ4n) is 4.09. The summed E-state index contributed by atoms with van der Waals surface area (Å²) in [7, 11) is 0. The van der Waals surface area contributed by atoms with E-state index in [2.05, 4.69) is 15.2 Å². The van der Waals surface area contributed by atoms with Crippen LogP contribution in [-0.4, -0.2) is 32.7 Å². The Balaban J connectivity index is 1.81. The number of anilines is 1. The third-order valence-electron chi connectivity index (χ3n) is 6.06. The van der Waals surface area contributed by atoms with Gasteiger partial charge in [0.15, 0.2) is 11.6 Å². The molecule has 180 valence electrons. The van der Waals surface area contributed by atoms with Crippen molar-refractivity contribution in [2.45, 2.75) is 45.6 Å². The molecule has 0 spiro atoms. The first-order valence-electron chi connectivity index (χ1n) is 11.1. The fraction of sp³-hybridized carbons (Fsp3) is 0.308. The van der Waals surface area contributed by atoms with Gasteiger partial charge < -0.3 is 0 Å². The van der Waals surface area contributed by atoms with Crippen molar-refractivity contribution in [1.82, 2.24) is 15.2 Å². The number of benzene rings is 1. The number of amides is 1. The molecule has 1 aliphatic rings. The van der Waals surface area contributed by atoms with E-state index in [1.54, 1.807) is 37.3 Å². The van der Waals surface area contributed by atoms with Crippen molar-refractivity contribution in [3.63, 3.8) is 0 Å². The average molecular weight is 478 g/mol. The Morgan fingerprint density at radius 1 is 1.00 bits per heavy atom. The quantitative estimate of drug-likeness (QED) is 0.293. The molecule has 3 aromatic rings. The highest BCUT2D eigenvalue weighted by molar-refractivity contribution is 6.48. The van der Waals surface area contributed by atoms with E-state index >= 15 is 0 Å². The van der Waals surface area contributed by atoms with Crippen LogP contribution >= 0.6 is 0 Å². The molecule has 9 heteroatoms. The molecule has 2 unspecified atom stereocenters. The lowest BCUT2D eigenvalue weighted by molar-refractivity contribution is -0.135. The topological polar surface area (TPSA) is 93.1 Å². The molecule has 1 saturated heterocycles. The Morgan fingerprint density at radius 3 is 2.20 bits per heavy atom. The summed E-state index contributed by atoms with van der Waals surface area (Å²) in [5.74, 6) is -6.61. The van der Waals surface area contributed by atoms with Crippen LogP contribution in [-0.2, 0) is 15.5 Å². The first kappa shape index (κ1) is 24.3. The van der Waals surface area contributed by atoms with E-state index in [1.165, 1.54) is 18.3 Å². The maximum absolute atomic E-state index is 13.7. The second-order valence-corrected chi connectivity index (χ2v) is 9.00. The molecular weight excluding hydrogens is 454 g/mol. The van der Waals surface area contributed by atoms with Gasteiger partial charge >= 0.3 is 0 Å². The molecule has 2 aromatic heterocycles. The molecule has 1 aliphatic heterocycles. The van der Waals surface area contributed by atoms with Crippen LogP contribution in [0.1, 0.15) is 65.6 Å². The zero-order valence-corrected chi connectivity index (χ0v) is 19.7. The molecule has 0 radical (unpaired) electrons. The van der Waals surface area contributed by atoms with Crippen molar-refractivity contribution < 1.29 is 23.2 Å². The number of carbonyl (C=O) groups is 3. The number of rotatable bonds is 6. The summed E-state index contributed by atoms with van der Waals surface area (Å²) in [5.41, 5.74) is 1.68. The summed E-state index contributed by atoms with van der Waals surface area (Å²) in [6, 6.07) is 11.4. The van der Waals surface area contributed by atoms with Gasteiger partial charge in [0.2, 0.25) is 5.78 Å². The highest BCUT2D eigenvalue weighted by atomic mass is 19.3. The third-order valence-corrected chi connectivity index (χ3v) is 6.06. The van der Waals surface area contributed by atoms with Crippen LogP contribution in [0.3, 0.4) is 0 Å². The first-order chi connectivity index (χ1) is 16.5. The van der Waals surface area contributed by atoms with Gasteiger partial charge in [-0.2, -0.15) is 13.9 Å². The predicted octanol–water partition coefficient (Wildman–Crippen LogP) is 4.57. The summed E-state index contributed by atoms with van der Waals surface area (Å²) < 4.78 is 27.5. The van der Waals surface area contributed by atoms with Crippen molar-refractivity contribution in [1.29, 1.82) is 0 Å². The largest absolute Gasteiger partial charge is 0.297 e. The Labute approximate surface area is 201 Å². The van der Waals surface area contributed by atoms with Crippen LogP contribution in [0.5, 0.6) is 0 Å². The third kappa shape index (κ3) is 4.58. The zero-order chi connectivity index (χ0) is 25.5. The number of hydrogen-bond donors (Lipinski definition) is 0. The summed E-state index contributed by atoms with van der Waals surface area (Å²) in [6.07, 6.45) is 1.17. The van der Waals surface area contributed by atoms with E-state index in [9.17, 15) is 23.2 Å².